The molecule has 0 saturated heterocycles. The van der Waals surface area contributed by atoms with Crippen LogP contribution < -0.4 is 4.74 Å². The van der Waals surface area contributed by atoms with Crippen LogP contribution >= 0.6 is 0 Å². The first-order valence-corrected chi connectivity index (χ1v) is 5.32. The number of aromatic nitrogens is 2. The standard InChI is InChI=1S/C12H14N2O3/c1-8-4-3-5-10(6-15)12(8)16-7-11-13-9(2)14-17-11/h3-5,15H,6-7H2,1-2H3. The SMILES string of the molecule is Cc1noc(COc2c(C)cccc2CO)n1. The molecule has 90 valence electrons. The number of benzene rings is 1. The summed E-state index contributed by atoms with van der Waals surface area (Å²) in [4.78, 5) is 4.05. The lowest BCUT2D eigenvalue weighted by Crippen LogP contribution is -2.01. The third-order valence-corrected chi connectivity index (χ3v) is 2.37. The third kappa shape index (κ3) is 2.62. The van der Waals surface area contributed by atoms with Crippen molar-refractivity contribution in [2.24, 2.45) is 0 Å². The molecule has 0 unspecified atom stereocenters. The van der Waals surface area contributed by atoms with Crippen LogP contribution in [0.4, 0.5) is 0 Å². The maximum Gasteiger partial charge on any atom is 0.264 e. The summed E-state index contributed by atoms with van der Waals surface area (Å²) in [6.45, 7) is 3.83. The Hall–Kier alpha value is -1.88. The second-order valence-electron chi connectivity index (χ2n) is 3.75. The van der Waals surface area contributed by atoms with Crippen molar-refractivity contribution in [2.75, 3.05) is 0 Å². The highest BCUT2D eigenvalue weighted by atomic mass is 16.5. The van der Waals surface area contributed by atoms with Crippen LogP contribution in [0.5, 0.6) is 5.75 Å². The molecule has 0 saturated carbocycles. The van der Waals surface area contributed by atoms with Crippen LogP contribution in [-0.4, -0.2) is 15.2 Å². The Balaban J connectivity index is 2.13. The molecule has 1 aromatic carbocycles. The molecule has 1 heterocycles. The zero-order valence-corrected chi connectivity index (χ0v) is 9.80. The summed E-state index contributed by atoms with van der Waals surface area (Å²) in [5, 5.41) is 12.9. The number of hydrogen-bond acceptors (Lipinski definition) is 5. The smallest absolute Gasteiger partial charge is 0.264 e. The van der Waals surface area contributed by atoms with Crippen LogP contribution in [0.2, 0.25) is 0 Å². The molecule has 1 aromatic heterocycles. The summed E-state index contributed by atoms with van der Waals surface area (Å²) in [5.74, 6) is 1.68. The Bertz CT molecular complexity index is 508. The number of rotatable bonds is 4. The Morgan fingerprint density at radius 2 is 2.18 bits per heavy atom. The third-order valence-electron chi connectivity index (χ3n) is 2.37. The fraction of sp³-hybridized carbons (Fsp3) is 0.333. The summed E-state index contributed by atoms with van der Waals surface area (Å²) < 4.78 is 10.6. The lowest BCUT2D eigenvalue weighted by molar-refractivity contribution is 0.227. The maximum absolute atomic E-state index is 9.21. The molecule has 0 atom stereocenters. The van der Waals surface area contributed by atoms with Gasteiger partial charge in [-0.3, -0.25) is 0 Å². The molecule has 5 heteroatoms. The normalized spacial score (nSPS) is 10.5. The lowest BCUT2D eigenvalue weighted by atomic mass is 10.1. The molecule has 17 heavy (non-hydrogen) atoms. The summed E-state index contributed by atoms with van der Waals surface area (Å²) in [7, 11) is 0. The van der Waals surface area contributed by atoms with E-state index >= 15 is 0 Å². The number of hydrogen-bond donors (Lipinski definition) is 1. The van der Waals surface area contributed by atoms with Gasteiger partial charge in [-0.1, -0.05) is 23.4 Å². The highest BCUT2D eigenvalue weighted by Crippen LogP contribution is 2.24. The summed E-state index contributed by atoms with van der Waals surface area (Å²) >= 11 is 0. The van der Waals surface area contributed by atoms with Gasteiger partial charge in [-0.25, -0.2) is 0 Å². The molecule has 0 spiro atoms. The highest BCUT2D eigenvalue weighted by Gasteiger charge is 2.09. The van der Waals surface area contributed by atoms with Gasteiger partial charge in [0.05, 0.1) is 6.61 Å². The first-order valence-electron chi connectivity index (χ1n) is 5.32. The van der Waals surface area contributed by atoms with Crippen molar-refractivity contribution in [1.82, 2.24) is 10.1 Å². The van der Waals surface area contributed by atoms with Gasteiger partial charge in [0.1, 0.15) is 5.75 Å². The summed E-state index contributed by atoms with van der Waals surface area (Å²) in [6.07, 6.45) is 0. The Morgan fingerprint density at radius 1 is 1.35 bits per heavy atom. The molecule has 0 aliphatic carbocycles. The van der Waals surface area contributed by atoms with E-state index in [0.717, 1.165) is 11.1 Å². The maximum atomic E-state index is 9.21. The van der Waals surface area contributed by atoms with Gasteiger partial charge < -0.3 is 14.4 Å². The van der Waals surface area contributed by atoms with Gasteiger partial charge >= 0.3 is 0 Å². The first kappa shape index (κ1) is 11.6. The Morgan fingerprint density at radius 3 is 2.82 bits per heavy atom. The molecule has 0 radical (unpaired) electrons. The number of para-hydroxylation sites is 1. The van der Waals surface area contributed by atoms with Crippen molar-refractivity contribution in [3.63, 3.8) is 0 Å². The molecule has 1 N–H and O–H groups in total. The van der Waals surface area contributed by atoms with Gasteiger partial charge in [-0.15, -0.1) is 0 Å². The minimum absolute atomic E-state index is 0.0557. The van der Waals surface area contributed by atoms with Gasteiger partial charge in [0.25, 0.3) is 5.89 Å². The molecule has 5 nitrogen and oxygen atoms in total. The quantitative estimate of drug-likeness (QED) is 0.872. The van der Waals surface area contributed by atoms with Gasteiger partial charge in [0, 0.05) is 5.56 Å². The number of aliphatic hydroxyl groups is 1. The van der Waals surface area contributed by atoms with Gasteiger partial charge in [0.15, 0.2) is 12.4 Å². The van der Waals surface area contributed by atoms with E-state index in [1.54, 1.807) is 6.92 Å². The molecule has 0 amide bonds. The van der Waals surface area contributed by atoms with Crippen molar-refractivity contribution in [1.29, 1.82) is 0 Å². The van der Waals surface area contributed by atoms with E-state index < -0.39 is 0 Å². The second-order valence-corrected chi connectivity index (χ2v) is 3.75. The molecule has 0 aliphatic heterocycles. The van der Waals surface area contributed by atoms with E-state index in [0.29, 0.717) is 17.5 Å². The van der Waals surface area contributed by atoms with Crippen molar-refractivity contribution < 1.29 is 14.4 Å². The molecular formula is C12H14N2O3. The molecule has 2 rings (SSSR count). The molecular weight excluding hydrogens is 220 g/mol. The second kappa shape index (κ2) is 4.97. The van der Waals surface area contributed by atoms with E-state index in [1.165, 1.54) is 0 Å². The van der Waals surface area contributed by atoms with Crippen molar-refractivity contribution in [3.8, 4) is 5.75 Å². The topological polar surface area (TPSA) is 68.4 Å². The first-order chi connectivity index (χ1) is 8.20. The lowest BCUT2D eigenvalue weighted by Gasteiger charge is -2.10. The van der Waals surface area contributed by atoms with Crippen LogP contribution in [-0.2, 0) is 13.2 Å². The average Bonchev–Trinajstić information content (AvgIpc) is 2.73. The van der Waals surface area contributed by atoms with E-state index in [1.807, 2.05) is 25.1 Å². The average molecular weight is 234 g/mol. The van der Waals surface area contributed by atoms with Gasteiger partial charge in [0.2, 0.25) is 0 Å². The van der Waals surface area contributed by atoms with Gasteiger partial charge in [-0.2, -0.15) is 4.98 Å². The van der Waals surface area contributed by atoms with Crippen LogP contribution in [0.25, 0.3) is 0 Å². The van der Waals surface area contributed by atoms with Crippen LogP contribution in [0.15, 0.2) is 22.7 Å². The Kier molecular flexibility index (Phi) is 3.39. The zero-order chi connectivity index (χ0) is 12.3. The largest absolute Gasteiger partial charge is 0.483 e. The zero-order valence-electron chi connectivity index (χ0n) is 9.80. The van der Waals surface area contributed by atoms with Crippen LogP contribution in [0, 0.1) is 13.8 Å². The predicted molar refractivity (Wildman–Crippen MR) is 60.5 cm³/mol. The van der Waals surface area contributed by atoms with Crippen LogP contribution in [0.1, 0.15) is 22.8 Å². The number of nitrogens with zero attached hydrogens (tertiary/aromatic N) is 2. The number of aryl methyl sites for hydroxylation is 2. The molecule has 0 bridgehead atoms. The van der Waals surface area contributed by atoms with Gasteiger partial charge in [-0.05, 0) is 19.4 Å². The molecule has 0 aliphatic rings. The minimum atomic E-state index is -0.0557. The summed E-state index contributed by atoms with van der Waals surface area (Å²) in [6, 6.07) is 5.62. The van der Waals surface area contributed by atoms with Crippen LogP contribution in [0.3, 0.4) is 0 Å². The van der Waals surface area contributed by atoms with E-state index in [2.05, 4.69) is 10.1 Å². The van der Waals surface area contributed by atoms with E-state index in [4.69, 9.17) is 9.26 Å². The van der Waals surface area contributed by atoms with Crippen molar-refractivity contribution >= 4 is 0 Å². The monoisotopic (exact) mass is 234 g/mol. The predicted octanol–water partition coefficient (Wildman–Crippen LogP) is 1.76. The minimum Gasteiger partial charge on any atom is -0.483 e. The van der Waals surface area contributed by atoms with E-state index in [-0.39, 0.29) is 13.2 Å². The molecule has 0 fully saturated rings. The number of ether oxygens (including phenoxy) is 1. The summed E-state index contributed by atoms with van der Waals surface area (Å²) in [5.41, 5.74) is 1.72. The highest BCUT2D eigenvalue weighted by molar-refractivity contribution is 5.40. The number of aliphatic hydroxyl groups excluding tert-OH is 1. The Labute approximate surface area is 99.0 Å². The van der Waals surface area contributed by atoms with Crippen molar-refractivity contribution in [2.45, 2.75) is 27.1 Å². The fourth-order valence-electron chi connectivity index (χ4n) is 1.58. The molecule has 2 aromatic rings. The van der Waals surface area contributed by atoms with E-state index in [9.17, 15) is 5.11 Å². The fourth-order valence-corrected chi connectivity index (χ4v) is 1.58. The van der Waals surface area contributed by atoms with Crippen molar-refractivity contribution in [3.05, 3.63) is 41.0 Å².